The van der Waals surface area contributed by atoms with Crippen molar-refractivity contribution in [3.8, 4) is 16.9 Å². The van der Waals surface area contributed by atoms with E-state index in [1.807, 2.05) is 13.8 Å². The zero-order valence-corrected chi connectivity index (χ0v) is 21.2. The molecule has 1 aliphatic rings. The molecule has 0 unspecified atom stereocenters. The lowest BCUT2D eigenvalue weighted by Crippen LogP contribution is -2.28. The van der Waals surface area contributed by atoms with Crippen LogP contribution in [0.5, 0.6) is 5.75 Å². The SMILES string of the molecule is CCOCc1nc(C)c(C(C)C)c(N2CCOc3ccc(-c4ccc5nc(C)[nH]c5c4)cc3C2)n1. The van der Waals surface area contributed by atoms with E-state index in [4.69, 9.17) is 19.4 Å². The summed E-state index contributed by atoms with van der Waals surface area (Å²) in [5.41, 5.74) is 7.69. The van der Waals surface area contributed by atoms with Crippen molar-refractivity contribution in [2.75, 3.05) is 24.7 Å². The molecule has 0 amide bonds. The van der Waals surface area contributed by atoms with E-state index >= 15 is 0 Å². The van der Waals surface area contributed by atoms with Crippen LogP contribution in [0.1, 0.15) is 55.2 Å². The van der Waals surface area contributed by atoms with Gasteiger partial charge in [-0.05, 0) is 62.1 Å². The topological polar surface area (TPSA) is 76.2 Å². The van der Waals surface area contributed by atoms with Crippen molar-refractivity contribution >= 4 is 16.9 Å². The van der Waals surface area contributed by atoms with Gasteiger partial charge >= 0.3 is 0 Å². The lowest BCUT2D eigenvalue weighted by Gasteiger charge is -2.26. The van der Waals surface area contributed by atoms with Gasteiger partial charge in [0.15, 0.2) is 5.82 Å². The molecule has 2 aromatic carbocycles. The maximum absolute atomic E-state index is 6.16. The highest BCUT2D eigenvalue weighted by molar-refractivity contribution is 5.82. The minimum atomic E-state index is 0.311. The van der Waals surface area contributed by atoms with Crippen molar-refractivity contribution in [2.24, 2.45) is 0 Å². The van der Waals surface area contributed by atoms with E-state index in [0.29, 0.717) is 25.7 Å². The highest BCUT2D eigenvalue weighted by Crippen LogP contribution is 2.34. The van der Waals surface area contributed by atoms with Crippen molar-refractivity contribution in [2.45, 2.75) is 53.7 Å². The number of fused-ring (bicyclic) bond motifs is 2. The average molecular weight is 472 g/mol. The number of aromatic amines is 1. The number of benzene rings is 2. The molecule has 0 atom stereocenters. The smallest absolute Gasteiger partial charge is 0.156 e. The molecular formula is C28H33N5O2. The van der Waals surface area contributed by atoms with Crippen LogP contribution in [0.2, 0.25) is 0 Å². The fourth-order valence-corrected chi connectivity index (χ4v) is 4.87. The molecule has 5 rings (SSSR count). The Bertz CT molecular complexity index is 1360. The Kier molecular flexibility index (Phi) is 6.43. The molecule has 182 valence electrons. The van der Waals surface area contributed by atoms with Gasteiger partial charge in [-0.1, -0.05) is 26.0 Å². The molecule has 0 saturated carbocycles. The molecule has 7 heteroatoms. The standard InChI is InChI=1S/C28H33N5O2/c1-6-34-16-26-29-18(4)27(17(2)3)28(32-26)33-11-12-35-25-10-8-20(13-22(25)15-33)21-7-9-23-24(14-21)31-19(5)30-23/h7-10,13-14,17H,6,11-12,15-16H2,1-5H3,(H,30,31). The van der Waals surface area contributed by atoms with E-state index in [2.05, 4.69) is 72.0 Å². The third-order valence-electron chi connectivity index (χ3n) is 6.45. The van der Waals surface area contributed by atoms with Gasteiger partial charge in [-0.25, -0.2) is 15.0 Å². The lowest BCUT2D eigenvalue weighted by molar-refractivity contribution is 0.128. The largest absolute Gasteiger partial charge is 0.491 e. The first-order valence-corrected chi connectivity index (χ1v) is 12.4. The summed E-state index contributed by atoms with van der Waals surface area (Å²) < 4.78 is 11.8. The van der Waals surface area contributed by atoms with Crippen molar-refractivity contribution < 1.29 is 9.47 Å². The average Bonchev–Trinajstić information content (AvgIpc) is 3.07. The highest BCUT2D eigenvalue weighted by Gasteiger charge is 2.23. The number of aromatic nitrogens is 4. The first kappa shape index (κ1) is 23.3. The minimum absolute atomic E-state index is 0.311. The molecular weight excluding hydrogens is 438 g/mol. The van der Waals surface area contributed by atoms with E-state index in [1.165, 1.54) is 5.56 Å². The number of anilines is 1. The molecule has 0 aliphatic carbocycles. The second kappa shape index (κ2) is 9.66. The Labute approximate surface area is 206 Å². The molecule has 4 aromatic rings. The van der Waals surface area contributed by atoms with Gasteiger partial charge in [0.05, 0.1) is 17.6 Å². The number of imidazole rings is 1. The molecule has 0 spiro atoms. The fraction of sp³-hybridized carbons (Fsp3) is 0.393. The van der Waals surface area contributed by atoms with Gasteiger partial charge < -0.3 is 19.4 Å². The van der Waals surface area contributed by atoms with Gasteiger partial charge in [0.2, 0.25) is 0 Å². The summed E-state index contributed by atoms with van der Waals surface area (Å²) in [6.45, 7) is 13.6. The maximum Gasteiger partial charge on any atom is 0.156 e. The predicted molar refractivity (Wildman–Crippen MR) is 139 cm³/mol. The zero-order valence-electron chi connectivity index (χ0n) is 21.2. The predicted octanol–water partition coefficient (Wildman–Crippen LogP) is 5.70. The van der Waals surface area contributed by atoms with Crippen LogP contribution in [-0.4, -0.2) is 39.7 Å². The maximum atomic E-state index is 6.16. The van der Waals surface area contributed by atoms with Crippen LogP contribution in [0.3, 0.4) is 0 Å². The van der Waals surface area contributed by atoms with E-state index in [0.717, 1.165) is 69.7 Å². The van der Waals surface area contributed by atoms with Crippen molar-refractivity contribution in [1.82, 2.24) is 19.9 Å². The summed E-state index contributed by atoms with van der Waals surface area (Å²) in [6.07, 6.45) is 0. The Morgan fingerprint density at radius 2 is 1.86 bits per heavy atom. The van der Waals surface area contributed by atoms with Crippen LogP contribution in [0.25, 0.3) is 22.2 Å². The molecule has 3 heterocycles. The Morgan fingerprint density at radius 1 is 1.06 bits per heavy atom. The number of nitrogens with one attached hydrogen (secondary N) is 1. The number of hydrogen-bond acceptors (Lipinski definition) is 6. The Balaban J connectivity index is 1.52. The summed E-state index contributed by atoms with van der Waals surface area (Å²) in [7, 11) is 0. The molecule has 0 bridgehead atoms. The van der Waals surface area contributed by atoms with E-state index in [9.17, 15) is 0 Å². The van der Waals surface area contributed by atoms with Gasteiger partial charge in [-0.2, -0.15) is 0 Å². The van der Waals surface area contributed by atoms with E-state index < -0.39 is 0 Å². The fourth-order valence-electron chi connectivity index (χ4n) is 4.87. The van der Waals surface area contributed by atoms with Crippen LogP contribution in [0.4, 0.5) is 5.82 Å². The van der Waals surface area contributed by atoms with Crippen LogP contribution in [0, 0.1) is 13.8 Å². The van der Waals surface area contributed by atoms with Crippen molar-refractivity contribution in [1.29, 1.82) is 0 Å². The first-order chi connectivity index (χ1) is 16.9. The first-order valence-electron chi connectivity index (χ1n) is 12.4. The quantitative estimate of drug-likeness (QED) is 0.389. The van der Waals surface area contributed by atoms with Gasteiger partial charge in [0.1, 0.15) is 30.6 Å². The van der Waals surface area contributed by atoms with Gasteiger partial charge in [-0.3, -0.25) is 0 Å². The molecule has 0 fully saturated rings. The van der Waals surface area contributed by atoms with Gasteiger partial charge in [0, 0.05) is 30.0 Å². The van der Waals surface area contributed by atoms with Crippen molar-refractivity contribution in [3.63, 3.8) is 0 Å². The van der Waals surface area contributed by atoms with Crippen LogP contribution >= 0.6 is 0 Å². The van der Waals surface area contributed by atoms with Crippen LogP contribution in [0.15, 0.2) is 36.4 Å². The van der Waals surface area contributed by atoms with Crippen molar-refractivity contribution in [3.05, 3.63) is 64.9 Å². The lowest BCUT2D eigenvalue weighted by atomic mass is 10.00. The number of H-pyrrole nitrogens is 1. The number of hydrogen-bond donors (Lipinski definition) is 1. The summed E-state index contributed by atoms with van der Waals surface area (Å²) >= 11 is 0. The summed E-state index contributed by atoms with van der Waals surface area (Å²) in [6, 6.07) is 12.8. The normalized spacial score (nSPS) is 13.7. The van der Waals surface area contributed by atoms with E-state index in [-0.39, 0.29) is 0 Å². The molecule has 35 heavy (non-hydrogen) atoms. The van der Waals surface area contributed by atoms with Crippen LogP contribution in [-0.2, 0) is 17.9 Å². The molecule has 0 radical (unpaired) electrons. The van der Waals surface area contributed by atoms with Gasteiger partial charge in [-0.15, -0.1) is 0 Å². The Morgan fingerprint density at radius 3 is 2.66 bits per heavy atom. The monoisotopic (exact) mass is 471 g/mol. The summed E-state index contributed by atoms with van der Waals surface area (Å²) in [5.74, 6) is 3.88. The third kappa shape index (κ3) is 4.73. The summed E-state index contributed by atoms with van der Waals surface area (Å²) in [5, 5.41) is 0. The summed E-state index contributed by atoms with van der Waals surface area (Å²) in [4.78, 5) is 19.9. The molecule has 7 nitrogen and oxygen atoms in total. The number of rotatable bonds is 6. The number of aryl methyl sites for hydroxylation is 2. The van der Waals surface area contributed by atoms with E-state index in [1.54, 1.807) is 0 Å². The Hall–Kier alpha value is -3.45. The molecule has 2 aromatic heterocycles. The minimum Gasteiger partial charge on any atom is -0.491 e. The molecule has 1 N–H and O–H groups in total. The second-order valence-electron chi connectivity index (χ2n) is 9.40. The number of nitrogens with zero attached hydrogens (tertiary/aromatic N) is 4. The molecule has 1 aliphatic heterocycles. The number of ether oxygens (including phenoxy) is 2. The van der Waals surface area contributed by atoms with Gasteiger partial charge in [0.25, 0.3) is 0 Å². The third-order valence-corrected chi connectivity index (χ3v) is 6.45. The highest BCUT2D eigenvalue weighted by atomic mass is 16.5. The van der Waals surface area contributed by atoms with Crippen LogP contribution < -0.4 is 9.64 Å². The second-order valence-corrected chi connectivity index (χ2v) is 9.40. The molecule has 0 saturated heterocycles. The zero-order chi connectivity index (χ0) is 24.5.